The SMILES string of the molecule is CCc1cccc2oc(C(=O)NCCOc3ccc(C(=O)Nc4ccccc4N)cc3)cc12. The normalized spacial score (nSPS) is 10.7. The van der Waals surface area contributed by atoms with Gasteiger partial charge >= 0.3 is 0 Å². The Morgan fingerprint density at radius 1 is 0.970 bits per heavy atom. The lowest BCUT2D eigenvalue weighted by Crippen LogP contribution is -2.27. The van der Waals surface area contributed by atoms with Gasteiger partial charge in [-0.3, -0.25) is 9.59 Å². The summed E-state index contributed by atoms with van der Waals surface area (Å²) in [5, 5.41) is 6.54. The number of carbonyl (C=O) groups excluding carboxylic acids is 2. The van der Waals surface area contributed by atoms with Crippen molar-refractivity contribution in [2.24, 2.45) is 0 Å². The molecule has 168 valence electrons. The molecule has 0 fully saturated rings. The lowest BCUT2D eigenvalue weighted by Gasteiger charge is -2.09. The molecule has 3 aromatic carbocycles. The third-order valence-electron chi connectivity index (χ3n) is 5.24. The van der Waals surface area contributed by atoms with E-state index in [0.717, 1.165) is 17.4 Å². The number of aryl methyl sites for hydroxylation is 1. The van der Waals surface area contributed by atoms with E-state index < -0.39 is 0 Å². The Kier molecular flexibility index (Phi) is 6.59. The minimum atomic E-state index is -0.288. The largest absolute Gasteiger partial charge is 0.492 e. The van der Waals surface area contributed by atoms with Gasteiger partial charge in [-0.1, -0.05) is 31.2 Å². The molecule has 7 heteroatoms. The summed E-state index contributed by atoms with van der Waals surface area (Å²) in [5.74, 6) is 0.324. The zero-order valence-electron chi connectivity index (χ0n) is 18.3. The Labute approximate surface area is 191 Å². The third kappa shape index (κ3) is 5.15. The molecular weight excluding hydrogens is 418 g/mol. The Balaban J connectivity index is 1.26. The van der Waals surface area contributed by atoms with Crippen LogP contribution in [0.25, 0.3) is 11.0 Å². The van der Waals surface area contributed by atoms with Crippen LogP contribution in [0, 0.1) is 0 Å². The first-order chi connectivity index (χ1) is 16.0. The van der Waals surface area contributed by atoms with Crippen LogP contribution in [-0.2, 0) is 6.42 Å². The fourth-order valence-electron chi connectivity index (χ4n) is 3.47. The van der Waals surface area contributed by atoms with E-state index in [1.54, 1.807) is 54.6 Å². The average Bonchev–Trinajstić information content (AvgIpc) is 3.28. The predicted octanol–water partition coefficient (Wildman–Crippen LogP) is 4.64. The Morgan fingerprint density at radius 2 is 1.76 bits per heavy atom. The molecule has 0 unspecified atom stereocenters. The van der Waals surface area contributed by atoms with Crippen LogP contribution in [0.15, 0.2) is 77.2 Å². The number of nitrogens with two attached hydrogens (primary N) is 1. The zero-order chi connectivity index (χ0) is 23.2. The first-order valence-corrected chi connectivity index (χ1v) is 10.7. The first-order valence-electron chi connectivity index (χ1n) is 10.7. The van der Waals surface area contributed by atoms with Gasteiger partial charge in [0, 0.05) is 10.9 Å². The lowest BCUT2D eigenvalue weighted by molar-refractivity contribution is 0.0921. The maximum absolute atomic E-state index is 12.4. The van der Waals surface area contributed by atoms with E-state index in [9.17, 15) is 9.59 Å². The summed E-state index contributed by atoms with van der Waals surface area (Å²) in [6.45, 7) is 2.65. The minimum Gasteiger partial charge on any atom is -0.492 e. The molecule has 33 heavy (non-hydrogen) atoms. The molecule has 0 saturated carbocycles. The quantitative estimate of drug-likeness (QED) is 0.272. The van der Waals surface area contributed by atoms with Crippen LogP contribution in [0.3, 0.4) is 0 Å². The van der Waals surface area contributed by atoms with Gasteiger partial charge in [-0.15, -0.1) is 0 Å². The number of rotatable bonds is 8. The van der Waals surface area contributed by atoms with Crippen molar-refractivity contribution in [3.63, 3.8) is 0 Å². The van der Waals surface area contributed by atoms with Crippen LogP contribution >= 0.6 is 0 Å². The predicted molar refractivity (Wildman–Crippen MR) is 129 cm³/mol. The molecule has 0 spiro atoms. The molecular formula is C26H25N3O4. The van der Waals surface area contributed by atoms with Crippen LogP contribution < -0.4 is 21.1 Å². The molecule has 0 atom stereocenters. The Morgan fingerprint density at radius 3 is 2.52 bits per heavy atom. The van der Waals surface area contributed by atoms with Crippen molar-refractivity contribution < 1.29 is 18.7 Å². The second kappa shape index (κ2) is 9.91. The number of fused-ring (bicyclic) bond motifs is 1. The van der Waals surface area contributed by atoms with Gasteiger partial charge in [0.2, 0.25) is 0 Å². The summed E-state index contributed by atoms with van der Waals surface area (Å²) in [4.78, 5) is 24.8. The van der Waals surface area contributed by atoms with Gasteiger partial charge in [-0.05, 0) is 60.5 Å². The summed E-state index contributed by atoms with van der Waals surface area (Å²) >= 11 is 0. The van der Waals surface area contributed by atoms with Gasteiger partial charge in [0.15, 0.2) is 5.76 Å². The first kappa shape index (κ1) is 22.0. The van der Waals surface area contributed by atoms with Crippen molar-refractivity contribution in [1.29, 1.82) is 0 Å². The molecule has 0 bridgehead atoms. The number of furan rings is 1. The molecule has 0 saturated heterocycles. The van der Waals surface area contributed by atoms with Crippen molar-refractivity contribution >= 4 is 34.2 Å². The van der Waals surface area contributed by atoms with Crippen molar-refractivity contribution in [1.82, 2.24) is 5.32 Å². The summed E-state index contributed by atoms with van der Waals surface area (Å²) in [6.07, 6.45) is 0.868. The second-order valence-electron chi connectivity index (χ2n) is 7.46. The number of hydrogen-bond acceptors (Lipinski definition) is 5. The van der Waals surface area contributed by atoms with E-state index in [1.807, 2.05) is 18.2 Å². The van der Waals surface area contributed by atoms with Crippen molar-refractivity contribution in [2.75, 3.05) is 24.2 Å². The zero-order valence-corrected chi connectivity index (χ0v) is 18.3. The van der Waals surface area contributed by atoms with E-state index in [2.05, 4.69) is 17.6 Å². The van der Waals surface area contributed by atoms with Gasteiger partial charge in [-0.25, -0.2) is 0 Å². The second-order valence-corrected chi connectivity index (χ2v) is 7.46. The number of carbonyl (C=O) groups is 2. The minimum absolute atomic E-state index is 0.260. The number of nitrogen functional groups attached to an aromatic ring is 1. The highest BCUT2D eigenvalue weighted by Gasteiger charge is 2.13. The van der Waals surface area contributed by atoms with Crippen molar-refractivity contribution in [3.8, 4) is 5.75 Å². The van der Waals surface area contributed by atoms with Gasteiger partial charge in [0.05, 0.1) is 17.9 Å². The molecule has 0 aliphatic carbocycles. The van der Waals surface area contributed by atoms with E-state index in [1.165, 1.54) is 0 Å². The highest BCUT2D eigenvalue weighted by molar-refractivity contribution is 6.05. The van der Waals surface area contributed by atoms with E-state index in [0.29, 0.717) is 34.8 Å². The molecule has 4 aromatic rings. The number of nitrogens with one attached hydrogen (secondary N) is 2. The van der Waals surface area contributed by atoms with Crippen molar-refractivity contribution in [2.45, 2.75) is 13.3 Å². The van der Waals surface area contributed by atoms with Crippen LogP contribution in [0.2, 0.25) is 0 Å². The van der Waals surface area contributed by atoms with Crippen molar-refractivity contribution in [3.05, 3.63) is 89.7 Å². The molecule has 7 nitrogen and oxygen atoms in total. The smallest absolute Gasteiger partial charge is 0.287 e. The van der Waals surface area contributed by atoms with Crippen LogP contribution in [0.4, 0.5) is 11.4 Å². The molecule has 4 N–H and O–H groups in total. The fraction of sp³-hybridized carbons (Fsp3) is 0.154. The average molecular weight is 444 g/mol. The van der Waals surface area contributed by atoms with Crippen LogP contribution in [-0.4, -0.2) is 25.0 Å². The Hall–Kier alpha value is -4.26. The molecule has 1 heterocycles. The van der Waals surface area contributed by atoms with Crippen LogP contribution in [0.5, 0.6) is 5.75 Å². The topological polar surface area (TPSA) is 107 Å². The molecule has 2 amide bonds. The summed E-state index contributed by atoms with van der Waals surface area (Å²) in [7, 11) is 0. The number of amides is 2. The van der Waals surface area contributed by atoms with Crippen LogP contribution in [0.1, 0.15) is 33.4 Å². The standard InChI is InChI=1S/C26H25N3O4/c1-2-17-6-5-9-23-20(17)16-24(33-23)26(31)28-14-15-32-19-12-10-18(11-13-19)25(30)29-22-8-4-3-7-21(22)27/h3-13,16H,2,14-15,27H2,1H3,(H,28,31)(H,29,30). The van der Waals surface area contributed by atoms with Gasteiger partial charge in [0.1, 0.15) is 17.9 Å². The lowest BCUT2D eigenvalue weighted by atomic mass is 10.1. The van der Waals surface area contributed by atoms with Gasteiger partial charge in [-0.2, -0.15) is 0 Å². The number of para-hydroxylation sites is 2. The van der Waals surface area contributed by atoms with E-state index >= 15 is 0 Å². The van der Waals surface area contributed by atoms with Gasteiger partial charge in [0.25, 0.3) is 11.8 Å². The highest BCUT2D eigenvalue weighted by atomic mass is 16.5. The number of benzene rings is 3. The number of anilines is 2. The summed E-state index contributed by atoms with van der Waals surface area (Å²) in [6, 6.07) is 21.4. The fourth-order valence-corrected chi connectivity index (χ4v) is 3.47. The third-order valence-corrected chi connectivity index (χ3v) is 5.24. The molecule has 0 aliphatic rings. The maximum Gasteiger partial charge on any atom is 0.287 e. The summed E-state index contributed by atoms with van der Waals surface area (Å²) < 4.78 is 11.3. The highest BCUT2D eigenvalue weighted by Crippen LogP contribution is 2.23. The number of hydrogen-bond donors (Lipinski definition) is 3. The summed E-state index contributed by atoms with van der Waals surface area (Å²) in [5.41, 5.74) is 9.25. The monoisotopic (exact) mass is 443 g/mol. The molecule has 4 rings (SSSR count). The van der Waals surface area contributed by atoms with Gasteiger partial charge < -0.3 is 25.5 Å². The van der Waals surface area contributed by atoms with E-state index in [-0.39, 0.29) is 24.2 Å². The Bertz CT molecular complexity index is 1280. The maximum atomic E-state index is 12.4. The molecule has 0 radical (unpaired) electrons. The molecule has 0 aliphatic heterocycles. The van der Waals surface area contributed by atoms with E-state index in [4.69, 9.17) is 14.9 Å². The number of ether oxygens (including phenoxy) is 1. The molecule has 1 aromatic heterocycles.